The van der Waals surface area contributed by atoms with Crippen molar-refractivity contribution in [2.75, 3.05) is 16.4 Å². The first kappa shape index (κ1) is 21.4. The Bertz CT molecular complexity index is 1040. The summed E-state index contributed by atoms with van der Waals surface area (Å²) < 4.78 is 25.5. The van der Waals surface area contributed by atoms with Gasteiger partial charge in [0.15, 0.2) is 9.84 Å². The predicted octanol–water partition coefficient (Wildman–Crippen LogP) is 3.93. The van der Waals surface area contributed by atoms with Crippen LogP contribution in [-0.4, -0.2) is 31.2 Å². The van der Waals surface area contributed by atoms with E-state index in [2.05, 4.69) is 10.6 Å². The normalized spacial score (nSPS) is 16.5. The van der Waals surface area contributed by atoms with Gasteiger partial charge in [-0.3, -0.25) is 9.59 Å². The topological polar surface area (TPSA) is 92.3 Å². The maximum atomic E-state index is 12.7. The molecule has 154 valence electrons. The van der Waals surface area contributed by atoms with E-state index in [0.717, 1.165) is 16.0 Å². The van der Waals surface area contributed by atoms with Crippen molar-refractivity contribution in [3.63, 3.8) is 0 Å². The third-order valence-electron chi connectivity index (χ3n) is 4.73. The van der Waals surface area contributed by atoms with Gasteiger partial charge in [0.2, 0.25) is 11.8 Å². The quantitative estimate of drug-likeness (QED) is 0.747. The van der Waals surface area contributed by atoms with Crippen molar-refractivity contribution in [2.24, 2.45) is 0 Å². The van der Waals surface area contributed by atoms with E-state index in [1.807, 2.05) is 39.0 Å². The molecule has 0 aromatic heterocycles. The highest BCUT2D eigenvalue weighted by Gasteiger charge is 2.23. The van der Waals surface area contributed by atoms with E-state index in [1.54, 1.807) is 6.07 Å². The highest BCUT2D eigenvalue weighted by Crippen LogP contribution is 2.36. The molecule has 1 atom stereocenters. The van der Waals surface area contributed by atoms with Gasteiger partial charge in [0, 0.05) is 28.7 Å². The standard InChI is InChI=1S/C21H24N2O4S2/c1-13-5-4-6-14(2)21(13)23-19(24)9-10-29(26,27)16-7-8-18-17(12-16)22-20(25)11-15(3)28-18/h4-8,12,15H,9-11H2,1-3H3,(H,22,25)(H,23,24)/t15-/m1/s1. The minimum Gasteiger partial charge on any atom is -0.326 e. The van der Waals surface area contributed by atoms with Crippen molar-refractivity contribution >= 4 is 44.8 Å². The fraction of sp³-hybridized carbons (Fsp3) is 0.333. The van der Waals surface area contributed by atoms with Crippen LogP contribution in [0.3, 0.4) is 0 Å². The van der Waals surface area contributed by atoms with Crippen LogP contribution in [0.5, 0.6) is 0 Å². The second-order valence-corrected chi connectivity index (χ2v) is 10.8. The highest BCUT2D eigenvalue weighted by atomic mass is 32.2. The Balaban J connectivity index is 1.71. The number of rotatable bonds is 5. The third-order valence-corrected chi connectivity index (χ3v) is 7.62. The molecule has 0 radical (unpaired) electrons. The van der Waals surface area contributed by atoms with Crippen LogP contribution in [0.1, 0.15) is 30.9 Å². The van der Waals surface area contributed by atoms with Gasteiger partial charge < -0.3 is 10.6 Å². The molecule has 2 aromatic rings. The minimum absolute atomic E-state index is 0.103. The number of aryl methyl sites for hydroxylation is 2. The summed E-state index contributed by atoms with van der Waals surface area (Å²) in [6.07, 6.45) is 0.227. The molecule has 2 amide bonds. The van der Waals surface area contributed by atoms with E-state index in [-0.39, 0.29) is 34.1 Å². The van der Waals surface area contributed by atoms with Crippen molar-refractivity contribution in [2.45, 2.75) is 48.7 Å². The SMILES string of the molecule is Cc1cccc(C)c1NC(=O)CCS(=O)(=O)c1ccc2c(c1)NC(=O)C[C@@H](C)S2. The number of para-hydroxylation sites is 1. The van der Waals surface area contributed by atoms with Crippen LogP contribution in [0.25, 0.3) is 0 Å². The van der Waals surface area contributed by atoms with E-state index >= 15 is 0 Å². The number of carbonyl (C=O) groups is 2. The Kier molecular flexibility index (Phi) is 6.33. The summed E-state index contributed by atoms with van der Waals surface area (Å²) in [5.74, 6) is -0.787. The van der Waals surface area contributed by atoms with Crippen LogP contribution >= 0.6 is 11.8 Å². The second-order valence-electron chi connectivity index (χ2n) is 7.22. The number of amides is 2. The van der Waals surface area contributed by atoms with E-state index in [1.165, 1.54) is 23.9 Å². The molecule has 29 heavy (non-hydrogen) atoms. The number of anilines is 2. The Hall–Kier alpha value is -2.32. The summed E-state index contributed by atoms with van der Waals surface area (Å²) in [6.45, 7) is 5.74. The van der Waals surface area contributed by atoms with E-state index in [9.17, 15) is 18.0 Å². The van der Waals surface area contributed by atoms with Crippen molar-refractivity contribution in [1.82, 2.24) is 0 Å². The van der Waals surface area contributed by atoms with Crippen molar-refractivity contribution in [3.05, 3.63) is 47.5 Å². The molecule has 0 aliphatic carbocycles. The van der Waals surface area contributed by atoms with E-state index in [4.69, 9.17) is 0 Å². The smallest absolute Gasteiger partial charge is 0.225 e. The van der Waals surface area contributed by atoms with Gasteiger partial charge in [-0.15, -0.1) is 11.8 Å². The molecule has 6 nitrogen and oxygen atoms in total. The maximum absolute atomic E-state index is 12.7. The molecule has 3 rings (SSSR count). The molecule has 0 unspecified atom stereocenters. The largest absolute Gasteiger partial charge is 0.326 e. The fourth-order valence-electron chi connectivity index (χ4n) is 3.18. The summed E-state index contributed by atoms with van der Waals surface area (Å²) in [5, 5.41) is 5.70. The van der Waals surface area contributed by atoms with Crippen LogP contribution in [-0.2, 0) is 19.4 Å². The van der Waals surface area contributed by atoms with Gasteiger partial charge in [0.25, 0.3) is 0 Å². The third kappa shape index (κ3) is 5.19. The summed E-state index contributed by atoms with van der Waals surface area (Å²) in [5.41, 5.74) is 3.07. The lowest BCUT2D eigenvalue weighted by Crippen LogP contribution is -2.18. The van der Waals surface area contributed by atoms with Crippen molar-refractivity contribution in [3.8, 4) is 0 Å². The predicted molar refractivity (Wildman–Crippen MR) is 116 cm³/mol. The van der Waals surface area contributed by atoms with Crippen molar-refractivity contribution < 1.29 is 18.0 Å². The van der Waals surface area contributed by atoms with Gasteiger partial charge in [0.1, 0.15) is 0 Å². The monoisotopic (exact) mass is 432 g/mol. The molecule has 1 aliphatic rings. The van der Waals surface area contributed by atoms with Crippen LogP contribution in [0.2, 0.25) is 0 Å². The van der Waals surface area contributed by atoms with Crippen LogP contribution in [0, 0.1) is 13.8 Å². The number of thioether (sulfide) groups is 1. The van der Waals surface area contributed by atoms with Crippen molar-refractivity contribution in [1.29, 1.82) is 0 Å². The zero-order valence-corrected chi connectivity index (χ0v) is 18.2. The van der Waals surface area contributed by atoms with Gasteiger partial charge in [-0.1, -0.05) is 25.1 Å². The second kappa shape index (κ2) is 8.59. The van der Waals surface area contributed by atoms with Crippen LogP contribution in [0.4, 0.5) is 11.4 Å². The van der Waals surface area contributed by atoms with E-state index in [0.29, 0.717) is 17.8 Å². The number of fused-ring (bicyclic) bond motifs is 1. The molecule has 1 heterocycles. The molecule has 0 bridgehead atoms. The fourth-order valence-corrected chi connectivity index (χ4v) is 5.50. The minimum atomic E-state index is -3.67. The zero-order valence-electron chi connectivity index (χ0n) is 16.6. The Morgan fingerprint density at radius 3 is 2.59 bits per heavy atom. The maximum Gasteiger partial charge on any atom is 0.225 e. The molecule has 2 aromatic carbocycles. The first-order chi connectivity index (χ1) is 13.7. The summed E-state index contributed by atoms with van der Waals surface area (Å²) in [7, 11) is -3.67. The Labute approximate surface area is 175 Å². The lowest BCUT2D eigenvalue weighted by molar-refractivity contribution is -0.116. The molecule has 0 saturated heterocycles. The number of hydrogen-bond acceptors (Lipinski definition) is 5. The molecular weight excluding hydrogens is 408 g/mol. The molecule has 0 spiro atoms. The van der Waals surface area contributed by atoms with Crippen LogP contribution in [0.15, 0.2) is 46.2 Å². The lowest BCUT2D eigenvalue weighted by atomic mass is 10.1. The Morgan fingerprint density at radius 1 is 1.21 bits per heavy atom. The molecule has 8 heteroatoms. The van der Waals surface area contributed by atoms with Gasteiger partial charge in [0.05, 0.1) is 16.3 Å². The van der Waals surface area contributed by atoms with E-state index < -0.39 is 9.84 Å². The molecule has 0 fully saturated rings. The van der Waals surface area contributed by atoms with Gasteiger partial charge in [-0.25, -0.2) is 8.42 Å². The number of benzene rings is 2. The van der Waals surface area contributed by atoms with Gasteiger partial charge in [-0.05, 0) is 43.2 Å². The van der Waals surface area contributed by atoms with Gasteiger partial charge in [-0.2, -0.15) is 0 Å². The number of hydrogen-bond donors (Lipinski definition) is 2. The van der Waals surface area contributed by atoms with Crippen LogP contribution < -0.4 is 10.6 Å². The Morgan fingerprint density at radius 2 is 1.90 bits per heavy atom. The average molecular weight is 433 g/mol. The molecule has 1 aliphatic heterocycles. The summed E-state index contributed by atoms with van der Waals surface area (Å²) in [6, 6.07) is 10.4. The number of nitrogens with one attached hydrogen (secondary N) is 2. The van der Waals surface area contributed by atoms with Gasteiger partial charge >= 0.3 is 0 Å². The molecule has 2 N–H and O–H groups in total. The molecular formula is C21H24N2O4S2. The lowest BCUT2D eigenvalue weighted by Gasteiger charge is -2.12. The number of sulfone groups is 1. The zero-order chi connectivity index (χ0) is 21.2. The molecule has 0 saturated carbocycles. The summed E-state index contributed by atoms with van der Waals surface area (Å²) >= 11 is 1.54. The number of carbonyl (C=O) groups excluding carboxylic acids is 2. The first-order valence-electron chi connectivity index (χ1n) is 9.35. The first-order valence-corrected chi connectivity index (χ1v) is 11.9. The summed E-state index contributed by atoms with van der Waals surface area (Å²) in [4.78, 5) is 25.2. The average Bonchev–Trinajstić information content (AvgIpc) is 2.78. The highest BCUT2D eigenvalue weighted by molar-refractivity contribution is 8.00.